The molecule has 0 radical (unpaired) electrons. The number of benzene rings is 2. The van der Waals surface area contributed by atoms with Gasteiger partial charge in [0.2, 0.25) is 0 Å². The molecule has 0 spiro atoms. The molecule has 0 aliphatic carbocycles. The summed E-state index contributed by atoms with van der Waals surface area (Å²) in [6, 6.07) is 8.11. The zero-order valence-electron chi connectivity index (χ0n) is 20.4. The molecule has 0 amide bonds. The summed E-state index contributed by atoms with van der Waals surface area (Å²) in [6.45, 7) is 0.558. The van der Waals surface area contributed by atoms with Crippen molar-refractivity contribution in [2.45, 2.75) is 36.3 Å². The number of aromatic nitrogens is 3. The van der Waals surface area contributed by atoms with Crippen LogP contribution >= 0.6 is 11.8 Å². The lowest BCUT2D eigenvalue weighted by atomic mass is 9.90. The third-order valence-electron chi connectivity index (χ3n) is 5.86. The lowest BCUT2D eigenvalue weighted by Crippen LogP contribution is -2.35. The van der Waals surface area contributed by atoms with Crippen LogP contribution in [0.2, 0.25) is 0 Å². The maximum Gasteiger partial charge on any atom is 0.417 e. The van der Waals surface area contributed by atoms with Gasteiger partial charge in [-0.2, -0.15) is 30.0 Å². The molecule has 0 bridgehead atoms. The minimum absolute atomic E-state index is 0.0414. The van der Waals surface area contributed by atoms with Crippen LogP contribution in [-0.4, -0.2) is 50.4 Å². The number of thioether (sulfide) groups is 1. The van der Waals surface area contributed by atoms with Gasteiger partial charge >= 0.3 is 6.18 Å². The van der Waals surface area contributed by atoms with Crippen molar-refractivity contribution in [3.05, 3.63) is 95.6 Å². The topological polar surface area (TPSA) is 69.4 Å². The van der Waals surface area contributed by atoms with Gasteiger partial charge < -0.3 is 14.6 Å². The normalized spacial score (nSPS) is 19.4. The minimum atomic E-state index is -4.49. The molecule has 1 aliphatic heterocycles. The van der Waals surface area contributed by atoms with Gasteiger partial charge in [-0.15, -0.1) is 0 Å². The molecular weight excluding hydrogens is 541 g/mol. The number of alkyl halides is 3. The van der Waals surface area contributed by atoms with Gasteiger partial charge in [-0.3, -0.25) is 0 Å². The monoisotopic (exact) mass is 565 g/mol. The summed E-state index contributed by atoms with van der Waals surface area (Å²) in [4.78, 5) is 3.84. The smallest absolute Gasteiger partial charge is 0.383 e. The Balaban J connectivity index is 1.29. The van der Waals surface area contributed by atoms with E-state index in [1.165, 1.54) is 65.5 Å². The molecule has 4 rings (SSSR count). The Morgan fingerprint density at radius 2 is 1.87 bits per heavy atom. The fourth-order valence-electron chi connectivity index (χ4n) is 3.94. The second kappa shape index (κ2) is 12.7. The van der Waals surface area contributed by atoms with Gasteiger partial charge in [0.15, 0.2) is 6.29 Å². The first-order valence-corrected chi connectivity index (χ1v) is 12.9. The molecule has 6 nitrogen and oxygen atoms in total. The van der Waals surface area contributed by atoms with Crippen LogP contribution in [0.25, 0.3) is 0 Å². The molecule has 39 heavy (non-hydrogen) atoms. The van der Waals surface area contributed by atoms with Crippen LogP contribution in [0.4, 0.5) is 22.0 Å². The van der Waals surface area contributed by atoms with Crippen LogP contribution in [0.3, 0.4) is 0 Å². The van der Waals surface area contributed by atoms with Gasteiger partial charge in [0.25, 0.3) is 0 Å². The van der Waals surface area contributed by atoms with E-state index < -0.39 is 35.3 Å². The first kappa shape index (κ1) is 28.8. The second-order valence-corrected chi connectivity index (χ2v) is 10.1. The molecule has 206 valence electrons. The number of nitrogens with zero attached hydrogens (tertiary/aromatic N) is 3. The lowest BCUT2D eigenvalue weighted by molar-refractivity contribution is -0.146. The molecule has 1 unspecified atom stereocenters. The summed E-state index contributed by atoms with van der Waals surface area (Å²) in [5.41, 5.74) is -2.63. The first-order valence-electron chi connectivity index (χ1n) is 11.8. The number of allylic oxidation sites excluding steroid dienone is 1. The highest BCUT2D eigenvalue weighted by molar-refractivity contribution is 7.99. The summed E-state index contributed by atoms with van der Waals surface area (Å²) in [5, 5.41) is 15.3. The molecule has 12 heteroatoms. The number of hydrogen-bond acceptors (Lipinski definition) is 6. The van der Waals surface area contributed by atoms with Crippen molar-refractivity contribution in [2.24, 2.45) is 0 Å². The van der Waals surface area contributed by atoms with E-state index in [1.807, 2.05) is 0 Å². The third kappa shape index (κ3) is 7.89. The Bertz CT molecular complexity index is 1330. The fraction of sp³-hybridized carbons (Fsp3) is 0.333. The van der Waals surface area contributed by atoms with Gasteiger partial charge in [-0.25, -0.2) is 18.4 Å². The van der Waals surface area contributed by atoms with Crippen molar-refractivity contribution in [3.8, 4) is 11.8 Å². The first-order chi connectivity index (χ1) is 18.6. The SMILES string of the molecule is OC(CCSC1COC(C=CC#Cc2ccccc2C(F)(F)F)OC1)(Cn1cncn1)c1ccc(F)cc1F. The molecule has 1 atom stereocenters. The Labute approximate surface area is 225 Å². The van der Waals surface area contributed by atoms with Gasteiger partial charge in [0, 0.05) is 17.2 Å². The summed E-state index contributed by atoms with van der Waals surface area (Å²) in [6.07, 6.45) is 0.531. The Morgan fingerprint density at radius 1 is 1.10 bits per heavy atom. The molecule has 0 saturated carbocycles. The molecular formula is C27H24F5N3O3S. The van der Waals surface area contributed by atoms with E-state index >= 15 is 0 Å². The molecule has 1 fully saturated rings. The average molecular weight is 566 g/mol. The lowest BCUT2D eigenvalue weighted by Gasteiger charge is -2.31. The average Bonchev–Trinajstić information content (AvgIpc) is 3.40. The van der Waals surface area contributed by atoms with Crippen molar-refractivity contribution in [1.29, 1.82) is 0 Å². The van der Waals surface area contributed by atoms with E-state index in [0.29, 0.717) is 19.0 Å². The van der Waals surface area contributed by atoms with Gasteiger partial charge in [0.05, 0.1) is 30.6 Å². The molecule has 1 aliphatic rings. The highest BCUT2D eigenvalue weighted by atomic mass is 32.2. The van der Waals surface area contributed by atoms with E-state index in [4.69, 9.17) is 9.47 Å². The van der Waals surface area contributed by atoms with E-state index in [2.05, 4.69) is 21.9 Å². The summed E-state index contributed by atoms with van der Waals surface area (Å²) >= 11 is 1.46. The Kier molecular flexibility index (Phi) is 9.40. The van der Waals surface area contributed by atoms with Gasteiger partial charge in [-0.1, -0.05) is 30.0 Å². The number of hydrogen-bond donors (Lipinski definition) is 1. The molecule has 1 saturated heterocycles. The number of halogens is 5. The van der Waals surface area contributed by atoms with E-state index in [-0.39, 0.29) is 29.3 Å². The molecule has 2 aromatic carbocycles. The van der Waals surface area contributed by atoms with Crippen LogP contribution in [0.5, 0.6) is 0 Å². The van der Waals surface area contributed by atoms with Crippen molar-refractivity contribution in [2.75, 3.05) is 19.0 Å². The van der Waals surface area contributed by atoms with Crippen LogP contribution in [0.15, 0.2) is 67.3 Å². The largest absolute Gasteiger partial charge is 0.417 e. The third-order valence-corrected chi connectivity index (χ3v) is 7.04. The zero-order valence-corrected chi connectivity index (χ0v) is 21.3. The summed E-state index contributed by atoms with van der Waals surface area (Å²) < 4.78 is 79.8. The second-order valence-electron chi connectivity index (χ2n) is 8.70. The minimum Gasteiger partial charge on any atom is -0.383 e. The predicted octanol–water partition coefficient (Wildman–Crippen LogP) is 4.94. The highest BCUT2D eigenvalue weighted by Crippen LogP contribution is 2.33. The summed E-state index contributed by atoms with van der Waals surface area (Å²) in [7, 11) is 0. The van der Waals surface area contributed by atoms with Crippen molar-refractivity contribution >= 4 is 11.8 Å². The maximum absolute atomic E-state index is 14.5. The summed E-state index contributed by atoms with van der Waals surface area (Å²) in [5.74, 6) is 3.88. The van der Waals surface area contributed by atoms with Gasteiger partial charge in [-0.05, 0) is 42.5 Å². The van der Waals surface area contributed by atoms with Gasteiger partial charge in [0.1, 0.15) is 29.9 Å². The molecule has 1 aromatic heterocycles. The standard InChI is InChI=1S/C27H24F5N3O3S/c28-20-9-10-23(24(29)13-20)26(36,16-35-18-33-17-34-35)11-12-39-21-14-37-25(38-15-21)8-4-2-6-19-5-1-3-7-22(19)27(30,31)32/h1,3-5,7-10,13,17-18,21,25,36H,11-12,14-16H2. The quantitative estimate of drug-likeness (QED) is 0.309. The van der Waals surface area contributed by atoms with Crippen molar-refractivity contribution in [3.63, 3.8) is 0 Å². The Hall–Kier alpha value is -3.24. The predicted molar refractivity (Wildman–Crippen MR) is 134 cm³/mol. The van der Waals surface area contributed by atoms with Crippen LogP contribution in [0.1, 0.15) is 23.1 Å². The van der Waals surface area contributed by atoms with Crippen molar-refractivity contribution < 1.29 is 36.5 Å². The van der Waals surface area contributed by atoms with Crippen LogP contribution in [-0.2, 0) is 27.8 Å². The maximum atomic E-state index is 14.5. The van der Waals surface area contributed by atoms with E-state index in [1.54, 1.807) is 0 Å². The fourth-order valence-corrected chi connectivity index (χ4v) is 5.07. The zero-order chi connectivity index (χ0) is 27.9. The van der Waals surface area contributed by atoms with Crippen LogP contribution in [0, 0.1) is 23.5 Å². The number of rotatable bonds is 8. The Morgan fingerprint density at radius 3 is 2.56 bits per heavy atom. The van der Waals surface area contributed by atoms with E-state index in [0.717, 1.165) is 18.2 Å². The van der Waals surface area contributed by atoms with Crippen LogP contribution < -0.4 is 0 Å². The number of aliphatic hydroxyl groups is 1. The highest BCUT2D eigenvalue weighted by Gasteiger charge is 2.34. The molecule has 2 heterocycles. The molecule has 1 N–H and O–H groups in total. The molecule has 3 aromatic rings. The number of ether oxygens (including phenoxy) is 2. The van der Waals surface area contributed by atoms with E-state index in [9.17, 15) is 27.1 Å². The van der Waals surface area contributed by atoms with Crippen molar-refractivity contribution in [1.82, 2.24) is 14.8 Å².